The van der Waals surface area contributed by atoms with E-state index < -0.39 is 41.8 Å². The Bertz CT molecular complexity index is 900. The number of H-pyrrole nitrogens is 1. The first kappa shape index (κ1) is 23.2. The molecule has 9 heteroatoms. The fraction of sp³-hybridized carbons (Fsp3) is 0.476. The van der Waals surface area contributed by atoms with Gasteiger partial charge in [0.15, 0.2) is 0 Å². The van der Waals surface area contributed by atoms with E-state index in [2.05, 4.69) is 15.6 Å². The molecule has 0 fully saturated rings. The Morgan fingerprint density at radius 1 is 1.17 bits per heavy atom. The molecule has 2 rings (SSSR count). The molecule has 1 aromatic heterocycles. The molecule has 0 unspecified atom stereocenters. The number of carbonyl (C=O) groups excluding carboxylic acids is 3. The van der Waals surface area contributed by atoms with E-state index in [0.717, 1.165) is 16.5 Å². The van der Waals surface area contributed by atoms with Gasteiger partial charge in [-0.15, -0.1) is 0 Å². The van der Waals surface area contributed by atoms with Crippen LogP contribution in [0.4, 0.5) is 4.79 Å². The average molecular weight is 419 g/mol. The van der Waals surface area contributed by atoms with Gasteiger partial charge in [-0.1, -0.05) is 18.2 Å². The highest BCUT2D eigenvalue weighted by atomic mass is 16.6. The molecule has 164 valence electrons. The van der Waals surface area contributed by atoms with E-state index in [-0.39, 0.29) is 6.42 Å². The molecule has 2 amide bonds. The van der Waals surface area contributed by atoms with Crippen molar-refractivity contribution in [3.8, 4) is 0 Å². The molecule has 0 aliphatic rings. The number of hydrogen-bond acceptors (Lipinski definition) is 6. The summed E-state index contributed by atoms with van der Waals surface area (Å²) in [5.41, 5.74) is 0.944. The minimum Gasteiger partial charge on any atom is -0.467 e. The van der Waals surface area contributed by atoms with E-state index in [0.29, 0.717) is 0 Å². The van der Waals surface area contributed by atoms with E-state index >= 15 is 0 Å². The highest BCUT2D eigenvalue weighted by Crippen LogP contribution is 2.19. The highest BCUT2D eigenvalue weighted by Gasteiger charge is 2.32. The van der Waals surface area contributed by atoms with Crippen LogP contribution in [-0.2, 0) is 25.5 Å². The molecule has 0 aliphatic heterocycles. The predicted molar refractivity (Wildman–Crippen MR) is 111 cm³/mol. The summed E-state index contributed by atoms with van der Waals surface area (Å²) in [7, 11) is 1.22. The Kier molecular flexibility index (Phi) is 7.44. The molecular formula is C21H29N3O6. The minimum atomic E-state index is -1.31. The number of fused-ring (bicyclic) bond motifs is 1. The number of methoxy groups -OCH3 is 1. The third-order valence-electron chi connectivity index (χ3n) is 4.34. The number of amides is 2. The van der Waals surface area contributed by atoms with Crippen LogP contribution in [0.25, 0.3) is 10.9 Å². The summed E-state index contributed by atoms with van der Waals surface area (Å²) < 4.78 is 9.96. The van der Waals surface area contributed by atoms with Gasteiger partial charge in [0.2, 0.25) is 5.91 Å². The number of aliphatic hydroxyl groups is 1. The Morgan fingerprint density at radius 2 is 1.83 bits per heavy atom. The molecule has 2 aromatic rings. The largest absolute Gasteiger partial charge is 0.467 e. The quantitative estimate of drug-likeness (QED) is 0.505. The van der Waals surface area contributed by atoms with Crippen molar-refractivity contribution in [3.63, 3.8) is 0 Å². The lowest BCUT2D eigenvalue weighted by molar-refractivity contribution is -0.145. The van der Waals surface area contributed by atoms with Crippen LogP contribution in [0.1, 0.15) is 33.3 Å². The van der Waals surface area contributed by atoms with Gasteiger partial charge in [-0.2, -0.15) is 0 Å². The van der Waals surface area contributed by atoms with Crippen LogP contribution in [0.2, 0.25) is 0 Å². The van der Waals surface area contributed by atoms with Gasteiger partial charge >= 0.3 is 12.1 Å². The number of ether oxygens (including phenoxy) is 2. The van der Waals surface area contributed by atoms with Gasteiger partial charge in [-0.25, -0.2) is 9.59 Å². The summed E-state index contributed by atoms with van der Waals surface area (Å²) in [6.07, 6.45) is -0.141. The summed E-state index contributed by atoms with van der Waals surface area (Å²) >= 11 is 0. The number of rotatable bonds is 7. The van der Waals surface area contributed by atoms with Crippen molar-refractivity contribution in [2.75, 3.05) is 7.11 Å². The van der Waals surface area contributed by atoms with Crippen molar-refractivity contribution in [2.24, 2.45) is 0 Å². The second kappa shape index (κ2) is 9.62. The Balaban J connectivity index is 2.16. The second-order valence-electron chi connectivity index (χ2n) is 8.01. The van der Waals surface area contributed by atoms with Crippen LogP contribution in [0.5, 0.6) is 0 Å². The summed E-state index contributed by atoms with van der Waals surface area (Å²) in [5.74, 6) is -1.37. The molecule has 4 N–H and O–H groups in total. The standard InChI is InChI=1S/C21H29N3O6/c1-12(25)17(24-20(28)30-21(2,3)4)18(26)23-16(19(27)29-5)10-13-11-22-15-9-7-6-8-14(13)15/h6-9,11-12,16-17,22,25H,10H2,1-5H3,(H,23,26)(H,24,28)/t12-,16+,17+/m1/s1. The van der Waals surface area contributed by atoms with E-state index in [9.17, 15) is 19.5 Å². The van der Waals surface area contributed by atoms with E-state index in [1.165, 1.54) is 14.0 Å². The summed E-state index contributed by atoms with van der Waals surface area (Å²) in [4.78, 5) is 40.2. The molecule has 1 heterocycles. The number of para-hydroxylation sites is 1. The van der Waals surface area contributed by atoms with Crippen molar-refractivity contribution >= 4 is 28.9 Å². The zero-order chi connectivity index (χ0) is 22.5. The van der Waals surface area contributed by atoms with Crippen molar-refractivity contribution in [2.45, 2.75) is 57.9 Å². The lowest BCUT2D eigenvalue weighted by atomic mass is 10.0. The first-order valence-electron chi connectivity index (χ1n) is 9.62. The predicted octanol–water partition coefficient (Wildman–Crippen LogP) is 1.64. The molecule has 3 atom stereocenters. The number of carbonyl (C=O) groups is 3. The topological polar surface area (TPSA) is 130 Å². The van der Waals surface area contributed by atoms with Gasteiger partial charge in [0, 0.05) is 23.5 Å². The molecule has 1 aromatic carbocycles. The summed E-state index contributed by atoms with van der Waals surface area (Å²) in [6, 6.07) is 5.24. The molecule has 0 saturated carbocycles. The Labute approximate surface area is 175 Å². The first-order chi connectivity index (χ1) is 14.0. The number of hydrogen-bond donors (Lipinski definition) is 4. The van der Waals surface area contributed by atoms with Crippen LogP contribution in [0.15, 0.2) is 30.5 Å². The van der Waals surface area contributed by atoms with Gasteiger partial charge in [-0.05, 0) is 39.3 Å². The SMILES string of the molecule is COC(=O)[C@H](Cc1c[nH]c2ccccc12)NC(=O)[C@@H](NC(=O)OC(C)(C)C)[C@@H](C)O. The molecule has 0 bridgehead atoms. The molecule has 0 radical (unpaired) electrons. The van der Waals surface area contributed by atoms with Crippen molar-refractivity contribution in [1.82, 2.24) is 15.6 Å². The Morgan fingerprint density at radius 3 is 2.43 bits per heavy atom. The maximum absolute atomic E-state index is 12.8. The maximum atomic E-state index is 12.8. The van der Waals surface area contributed by atoms with Crippen molar-refractivity contribution in [3.05, 3.63) is 36.0 Å². The third-order valence-corrected chi connectivity index (χ3v) is 4.34. The second-order valence-corrected chi connectivity index (χ2v) is 8.01. The van der Waals surface area contributed by atoms with Crippen molar-refractivity contribution < 1.29 is 29.0 Å². The number of aromatic nitrogens is 1. The number of esters is 1. The monoisotopic (exact) mass is 419 g/mol. The van der Waals surface area contributed by atoms with Crippen LogP contribution < -0.4 is 10.6 Å². The third kappa shape index (κ3) is 6.21. The van der Waals surface area contributed by atoms with E-state index in [1.54, 1.807) is 27.0 Å². The molecule has 30 heavy (non-hydrogen) atoms. The van der Waals surface area contributed by atoms with Gasteiger partial charge in [0.25, 0.3) is 0 Å². The molecular weight excluding hydrogens is 390 g/mol. The average Bonchev–Trinajstić information content (AvgIpc) is 3.06. The van der Waals surface area contributed by atoms with Crippen molar-refractivity contribution in [1.29, 1.82) is 0 Å². The number of benzene rings is 1. The summed E-state index contributed by atoms with van der Waals surface area (Å²) in [5, 5.41) is 15.8. The fourth-order valence-electron chi connectivity index (χ4n) is 2.96. The number of aliphatic hydroxyl groups excluding tert-OH is 1. The van der Waals surface area contributed by atoms with Gasteiger partial charge < -0.3 is 30.2 Å². The number of nitrogens with one attached hydrogen (secondary N) is 3. The molecule has 0 spiro atoms. The van der Waals surface area contributed by atoms with Crippen LogP contribution in [-0.4, -0.2) is 59.0 Å². The number of aromatic amines is 1. The first-order valence-corrected chi connectivity index (χ1v) is 9.62. The highest BCUT2D eigenvalue weighted by molar-refractivity contribution is 5.91. The molecule has 9 nitrogen and oxygen atoms in total. The lowest BCUT2D eigenvalue weighted by Crippen LogP contribution is -2.56. The van der Waals surface area contributed by atoms with Crippen LogP contribution in [0.3, 0.4) is 0 Å². The van der Waals surface area contributed by atoms with Crippen LogP contribution >= 0.6 is 0 Å². The van der Waals surface area contributed by atoms with Gasteiger partial charge in [0.1, 0.15) is 17.7 Å². The van der Waals surface area contributed by atoms with Gasteiger partial charge in [-0.3, -0.25) is 4.79 Å². The maximum Gasteiger partial charge on any atom is 0.408 e. The zero-order valence-electron chi connectivity index (χ0n) is 17.8. The smallest absolute Gasteiger partial charge is 0.408 e. The number of alkyl carbamates (subject to hydrolysis) is 1. The molecule has 0 saturated heterocycles. The Hall–Kier alpha value is -3.07. The van der Waals surface area contributed by atoms with Crippen LogP contribution in [0, 0.1) is 0 Å². The summed E-state index contributed by atoms with van der Waals surface area (Å²) in [6.45, 7) is 6.39. The van der Waals surface area contributed by atoms with E-state index in [4.69, 9.17) is 9.47 Å². The van der Waals surface area contributed by atoms with E-state index in [1.807, 2.05) is 24.3 Å². The lowest BCUT2D eigenvalue weighted by Gasteiger charge is -2.26. The normalized spacial score (nSPS) is 14.5. The fourth-order valence-corrected chi connectivity index (χ4v) is 2.96. The minimum absolute atomic E-state index is 0.168. The molecule has 0 aliphatic carbocycles. The zero-order valence-corrected chi connectivity index (χ0v) is 17.8. The van der Waals surface area contributed by atoms with Gasteiger partial charge in [0.05, 0.1) is 13.2 Å².